The molecule has 0 radical (unpaired) electrons. The largest absolute Gasteiger partial charge is 0.490 e. The highest BCUT2D eigenvalue weighted by molar-refractivity contribution is 7.90. The number of benzene rings is 2. The maximum atomic E-state index is 12.6. The van der Waals surface area contributed by atoms with Crippen LogP contribution in [0.2, 0.25) is 0 Å². The zero-order chi connectivity index (χ0) is 18.9. The fourth-order valence-electron chi connectivity index (χ4n) is 2.49. The van der Waals surface area contributed by atoms with Crippen LogP contribution in [-0.2, 0) is 10.0 Å². The third-order valence-electron chi connectivity index (χ3n) is 3.72. The van der Waals surface area contributed by atoms with Gasteiger partial charge in [-0.2, -0.15) is 12.8 Å². The number of nitro benzene ring substituents is 1. The van der Waals surface area contributed by atoms with Crippen LogP contribution >= 0.6 is 0 Å². The molecule has 0 spiro atoms. The molecule has 0 unspecified atom stereocenters. The number of carbonyl (C=O) groups excluding carboxylic acids is 1. The number of methoxy groups -OCH3 is 1. The topological polar surface area (TPSA) is 116 Å². The second-order valence-corrected chi connectivity index (χ2v) is 6.89. The Hall–Kier alpha value is -3.33. The van der Waals surface area contributed by atoms with Gasteiger partial charge < -0.3 is 4.74 Å². The van der Waals surface area contributed by atoms with Gasteiger partial charge >= 0.3 is 5.69 Å². The van der Waals surface area contributed by atoms with E-state index in [0.717, 1.165) is 6.07 Å². The van der Waals surface area contributed by atoms with E-state index in [9.17, 15) is 23.3 Å². The number of allylic oxidation sites excluding steroid dienone is 2. The van der Waals surface area contributed by atoms with Crippen LogP contribution in [0.3, 0.4) is 0 Å². The molecule has 0 saturated heterocycles. The van der Waals surface area contributed by atoms with Gasteiger partial charge in [0.15, 0.2) is 11.5 Å². The predicted molar refractivity (Wildman–Crippen MR) is 93.3 cm³/mol. The zero-order valence-corrected chi connectivity index (χ0v) is 14.3. The number of sulfonamides is 1. The molecule has 0 aromatic heterocycles. The van der Waals surface area contributed by atoms with Crippen molar-refractivity contribution in [1.82, 2.24) is 0 Å². The number of hydrogen-bond donors (Lipinski definition) is 0. The van der Waals surface area contributed by atoms with E-state index in [0.29, 0.717) is 11.1 Å². The average Bonchev–Trinajstić information content (AvgIpc) is 2.63. The van der Waals surface area contributed by atoms with Crippen LogP contribution in [0.4, 0.5) is 5.69 Å². The molecular weight excluding hydrogens is 360 g/mol. The molecule has 0 atom stereocenters. The maximum Gasteiger partial charge on any atom is 0.312 e. The van der Waals surface area contributed by atoms with Crippen molar-refractivity contribution in [3.05, 3.63) is 75.9 Å². The minimum Gasteiger partial charge on any atom is -0.490 e. The number of ketones is 1. The van der Waals surface area contributed by atoms with Gasteiger partial charge in [0.05, 0.1) is 22.6 Å². The Labute approximate surface area is 148 Å². The molecule has 0 N–H and O–H groups in total. The van der Waals surface area contributed by atoms with Crippen LogP contribution in [0.15, 0.2) is 63.9 Å². The lowest BCUT2D eigenvalue weighted by Gasteiger charge is -2.11. The molecule has 26 heavy (non-hydrogen) atoms. The third kappa shape index (κ3) is 3.11. The predicted octanol–water partition coefficient (Wildman–Crippen LogP) is 2.53. The molecule has 0 aliphatic heterocycles. The number of nitrogens with zero attached hydrogens (tertiary/aromatic N) is 2. The van der Waals surface area contributed by atoms with Gasteiger partial charge in [-0.15, -0.1) is 0 Å². The lowest BCUT2D eigenvalue weighted by atomic mass is 9.95. The summed E-state index contributed by atoms with van der Waals surface area (Å²) in [4.78, 5) is 21.9. The van der Waals surface area contributed by atoms with E-state index >= 15 is 0 Å². The molecule has 0 fully saturated rings. The lowest BCUT2D eigenvalue weighted by molar-refractivity contribution is -0.386. The Morgan fingerprint density at radius 2 is 1.77 bits per heavy atom. The molecule has 0 heterocycles. The summed E-state index contributed by atoms with van der Waals surface area (Å²) < 4.78 is 33.8. The molecule has 1 aliphatic rings. The number of ether oxygens (including phenoxy) is 1. The van der Waals surface area contributed by atoms with Crippen molar-refractivity contribution in [3.63, 3.8) is 0 Å². The summed E-state index contributed by atoms with van der Waals surface area (Å²) in [7, 11) is -2.99. The first-order chi connectivity index (χ1) is 12.3. The average molecular weight is 372 g/mol. The van der Waals surface area contributed by atoms with Crippen molar-refractivity contribution in [3.8, 4) is 5.75 Å². The van der Waals surface area contributed by atoms with Gasteiger partial charge in [-0.1, -0.05) is 24.3 Å². The van der Waals surface area contributed by atoms with Crippen molar-refractivity contribution in [2.45, 2.75) is 4.90 Å². The van der Waals surface area contributed by atoms with Gasteiger partial charge in [0, 0.05) is 17.2 Å². The summed E-state index contributed by atoms with van der Waals surface area (Å²) in [5, 5.41) is 11.1. The first-order valence-electron chi connectivity index (χ1n) is 7.32. The molecule has 9 heteroatoms. The first kappa shape index (κ1) is 17.5. The van der Waals surface area contributed by atoms with Crippen molar-refractivity contribution < 1.29 is 22.9 Å². The highest BCUT2D eigenvalue weighted by atomic mass is 32.2. The second-order valence-electron chi connectivity index (χ2n) is 5.29. The van der Waals surface area contributed by atoms with E-state index in [-0.39, 0.29) is 22.1 Å². The van der Waals surface area contributed by atoms with Crippen LogP contribution < -0.4 is 4.74 Å². The number of hydrogen-bond acceptors (Lipinski definition) is 6. The number of rotatable bonds is 4. The highest BCUT2D eigenvalue weighted by Crippen LogP contribution is 2.30. The van der Waals surface area contributed by atoms with E-state index in [1.54, 1.807) is 24.3 Å². The van der Waals surface area contributed by atoms with Crippen molar-refractivity contribution >= 4 is 27.2 Å². The van der Waals surface area contributed by atoms with Gasteiger partial charge in [0.2, 0.25) is 0 Å². The van der Waals surface area contributed by atoms with E-state index in [1.165, 1.54) is 31.4 Å². The van der Waals surface area contributed by atoms with E-state index < -0.39 is 20.6 Å². The van der Waals surface area contributed by atoms with Gasteiger partial charge in [-0.25, -0.2) is 0 Å². The van der Waals surface area contributed by atoms with Crippen LogP contribution in [0.1, 0.15) is 15.9 Å². The Morgan fingerprint density at radius 1 is 1.08 bits per heavy atom. The number of nitro groups is 1. The van der Waals surface area contributed by atoms with Gasteiger partial charge in [-0.05, 0) is 24.3 Å². The monoisotopic (exact) mass is 372 g/mol. The van der Waals surface area contributed by atoms with Crippen LogP contribution in [-0.4, -0.2) is 31.9 Å². The number of fused-ring (bicyclic) bond motifs is 1. The Balaban J connectivity index is 2.12. The summed E-state index contributed by atoms with van der Waals surface area (Å²) in [6.07, 6.45) is 2.54. The minimum atomic E-state index is -4.24. The molecule has 0 bridgehead atoms. The maximum absolute atomic E-state index is 12.6. The highest BCUT2D eigenvalue weighted by Gasteiger charge is 2.24. The fraction of sp³-hybridized carbons (Fsp3) is 0.0588. The Morgan fingerprint density at radius 3 is 2.42 bits per heavy atom. The molecular formula is C17H12N2O6S. The van der Waals surface area contributed by atoms with Crippen molar-refractivity contribution in [1.29, 1.82) is 0 Å². The minimum absolute atomic E-state index is 0.0601. The Kier molecular flexibility index (Phi) is 4.39. The molecule has 0 saturated carbocycles. The molecule has 132 valence electrons. The number of carbonyl (C=O) groups is 1. The summed E-state index contributed by atoms with van der Waals surface area (Å²) in [6.45, 7) is 0. The molecule has 0 amide bonds. The lowest BCUT2D eigenvalue weighted by Crippen LogP contribution is -2.14. The third-order valence-corrected chi connectivity index (χ3v) is 5.01. The standard InChI is InChI=1S/C17H12N2O6S/c1-25-17-9-6-11(10-15(17)19(21)22)26(23,24)18-14-7-8-16(20)13-5-3-2-4-12(13)14/h2-10H,1H3. The van der Waals surface area contributed by atoms with E-state index in [4.69, 9.17) is 4.74 Å². The van der Waals surface area contributed by atoms with Crippen LogP contribution in [0.25, 0.3) is 0 Å². The molecule has 8 nitrogen and oxygen atoms in total. The summed E-state index contributed by atoms with van der Waals surface area (Å²) in [5.41, 5.74) is 0.318. The Bertz CT molecular complexity index is 1090. The molecule has 2 aromatic carbocycles. The normalized spacial score (nSPS) is 15.0. The molecule has 2 aromatic rings. The van der Waals surface area contributed by atoms with Gasteiger partial charge in [0.25, 0.3) is 10.0 Å². The first-order valence-corrected chi connectivity index (χ1v) is 8.77. The van der Waals surface area contributed by atoms with E-state index in [1.807, 2.05) is 0 Å². The smallest absolute Gasteiger partial charge is 0.312 e. The second kappa shape index (κ2) is 6.52. The van der Waals surface area contributed by atoms with Crippen LogP contribution in [0, 0.1) is 10.1 Å². The summed E-state index contributed by atoms with van der Waals surface area (Å²) in [6, 6.07) is 9.74. The fourth-order valence-corrected chi connectivity index (χ4v) is 3.51. The van der Waals surface area contributed by atoms with Crippen molar-refractivity contribution in [2.24, 2.45) is 4.40 Å². The SMILES string of the molecule is COc1ccc(S(=O)(=O)N=C2C=CC(=O)c3ccccc32)cc1[N+](=O)[O-]. The van der Waals surface area contributed by atoms with Crippen molar-refractivity contribution in [2.75, 3.05) is 7.11 Å². The van der Waals surface area contributed by atoms with Gasteiger partial charge in [0.1, 0.15) is 0 Å². The summed E-state index contributed by atoms with van der Waals surface area (Å²) in [5.74, 6) is -0.313. The van der Waals surface area contributed by atoms with Crippen LogP contribution in [0.5, 0.6) is 5.75 Å². The molecule has 1 aliphatic carbocycles. The quantitative estimate of drug-likeness (QED) is 0.601. The van der Waals surface area contributed by atoms with E-state index in [2.05, 4.69) is 4.40 Å². The summed E-state index contributed by atoms with van der Waals surface area (Å²) >= 11 is 0. The van der Waals surface area contributed by atoms with Gasteiger partial charge in [-0.3, -0.25) is 14.9 Å². The molecule has 3 rings (SSSR count). The zero-order valence-electron chi connectivity index (χ0n) is 13.4.